The van der Waals surface area contributed by atoms with Crippen molar-refractivity contribution < 1.29 is 14.6 Å². The maximum atomic E-state index is 10.0. The SMILES string of the molecule is Cc1nnc(SCC(O)COc2ccc(Oc3ccccc3)cc2)s1. The summed E-state index contributed by atoms with van der Waals surface area (Å²) in [5, 5.41) is 18.9. The third kappa shape index (κ3) is 5.74. The Bertz CT molecular complexity index is 779. The molecule has 2 aromatic carbocycles. The summed E-state index contributed by atoms with van der Waals surface area (Å²) in [5.41, 5.74) is 0. The molecular formula is C18H18N2O3S2. The van der Waals surface area contributed by atoms with Gasteiger partial charge in [0.2, 0.25) is 0 Å². The van der Waals surface area contributed by atoms with E-state index in [0.29, 0.717) is 11.5 Å². The largest absolute Gasteiger partial charge is 0.491 e. The topological polar surface area (TPSA) is 64.5 Å². The highest BCUT2D eigenvalue weighted by Crippen LogP contribution is 2.25. The molecule has 1 aromatic heterocycles. The van der Waals surface area contributed by atoms with E-state index in [2.05, 4.69) is 10.2 Å². The lowest BCUT2D eigenvalue weighted by Gasteiger charge is -2.12. The van der Waals surface area contributed by atoms with E-state index in [1.807, 2.05) is 61.5 Å². The lowest BCUT2D eigenvalue weighted by molar-refractivity contribution is 0.126. The molecule has 1 unspecified atom stereocenters. The summed E-state index contributed by atoms with van der Waals surface area (Å²) in [6, 6.07) is 16.9. The summed E-state index contributed by atoms with van der Waals surface area (Å²) < 4.78 is 12.2. The van der Waals surface area contributed by atoms with Gasteiger partial charge in [0.05, 0.1) is 6.10 Å². The minimum atomic E-state index is -0.575. The van der Waals surface area contributed by atoms with E-state index in [0.717, 1.165) is 20.8 Å². The molecule has 0 fully saturated rings. The number of thioether (sulfide) groups is 1. The standard InChI is InChI=1S/C18H18N2O3S2/c1-13-19-20-18(25-13)24-12-14(21)11-22-15-7-9-17(10-8-15)23-16-5-3-2-4-6-16/h2-10,14,21H,11-12H2,1H3. The Morgan fingerprint density at radius 1 is 1.00 bits per heavy atom. The van der Waals surface area contributed by atoms with Crippen LogP contribution in [0.3, 0.4) is 0 Å². The highest BCUT2D eigenvalue weighted by molar-refractivity contribution is 8.01. The molecular weight excluding hydrogens is 356 g/mol. The first-order chi connectivity index (χ1) is 12.2. The lowest BCUT2D eigenvalue weighted by Crippen LogP contribution is -2.19. The van der Waals surface area contributed by atoms with E-state index in [1.54, 1.807) is 0 Å². The van der Waals surface area contributed by atoms with E-state index < -0.39 is 6.10 Å². The smallest absolute Gasteiger partial charge is 0.174 e. The molecule has 7 heteroatoms. The minimum Gasteiger partial charge on any atom is -0.491 e. The lowest BCUT2D eigenvalue weighted by atomic mass is 10.3. The summed E-state index contributed by atoms with van der Waals surface area (Å²) in [5.74, 6) is 2.73. The molecule has 0 saturated heterocycles. The zero-order chi connectivity index (χ0) is 17.5. The van der Waals surface area contributed by atoms with Crippen molar-refractivity contribution in [3.05, 3.63) is 59.6 Å². The monoisotopic (exact) mass is 374 g/mol. The van der Waals surface area contributed by atoms with Crippen LogP contribution < -0.4 is 9.47 Å². The molecule has 1 N–H and O–H groups in total. The van der Waals surface area contributed by atoms with Crippen molar-refractivity contribution in [2.75, 3.05) is 12.4 Å². The number of para-hydroxylation sites is 1. The molecule has 0 aliphatic heterocycles. The van der Waals surface area contributed by atoms with E-state index in [1.165, 1.54) is 23.1 Å². The van der Waals surface area contributed by atoms with Crippen molar-refractivity contribution in [3.8, 4) is 17.2 Å². The molecule has 0 saturated carbocycles. The van der Waals surface area contributed by atoms with Crippen LogP contribution in [0.5, 0.6) is 17.2 Å². The first-order valence-electron chi connectivity index (χ1n) is 7.76. The van der Waals surface area contributed by atoms with Crippen molar-refractivity contribution >= 4 is 23.1 Å². The van der Waals surface area contributed by atoms with Crippen LogP contribution in [0.2, 0.25) is 0 Å². The number of aromatic nitrogens is 2. The zero-order valence-corrected chi connectivity index (χ0v) is 15.3. The van der Waals surface area contributed by atoms with E-state index in [-0.39, 0.29) is 6.61 Å². The fourth-order valence-electron chi connectivity index (χ4n) is 1.97. The first-order valence-corrected chi connectivity index (χ1v) is 9.56. The van der Waals surface area contributed by atoms with Crippen LogP contribution >= 0.6 is 23.1 Å². The van der Waals surface area contributed by atoms with Crippen LogP contribution in [0, 0.1) is 6.92 Å². The molecule has 5 nitrogen and oxygen atoms in total. The van der Waals surface area contributed by atoms with Crippen LogP contribution in [0.25, 0.3) is 0 Å². The van der Waals surface area contributed by atoms with Gasteiger partial charge >= 0.3 is 0 Å². The molecule has 3 rings (SSSR count). The summed E-state index contributed by atoms with van der Waals surface area (Å²) in [7, 11) is 0. The average Bonchev–Trinajstić information content (AvgIpc) is 3.06. The number of aliphatic hydroxyl groups is 1. The maximum absolute atomic E-state index is 10.0. The normalized spacial score (nSPS) is 11.9. The quantitative estimate of drug-likeness (QED) is 0.597. The van der Waals surface area contributed by atoms with Crippen molar-refractivity contribution in [1.29, 1.82) is 0 Å². The van der Waals surface area contributed by atoms with E-state index in [4.69, 9.17) is 9.47 Å². The summed E-state index contributed by atoms with van der Waals surface area (Å²) in [6.45, 7) is 2.14. The number of nitrogens with zero attached hydrogens (tertiary/aromatic N) is 2. The summed E-state index contributed by atoms with van der Waals surface area (Å²) in [4.78, 5) is 0. The van der Waals surface area contributed by atoms with Gasteiger partial charge in [-0.3, -0.25) is 0 Å². The molecule has 130 valence electrons. The zero-order valence-electron chi connectivity index (χ0n) is 13.7. The van der Waals surface area contributed by atoms with Gasteiger partial charge in [-0.1, -0.05) is 41.3 Å². The molecule has 1 atom stereocenters. The molecule has 25 heavy (non-hydrogen) atoms. The van der Waals surface area contributed by atoms with Crippen molar-refractivity contribution in [2.45, 2.75) is 17.4 Å². The Kier molecular flexibility index (Phi) is 6.27. The van der Waals surface area contributed by atoms with E-state index in [9.17, 15) is 5.11 Å². The second-order valence-electron chi connectivity index (χ2n) is 5.25. The molecule has 0 bridgehead atoms. The number of hydrogen-bond acceptors (Lipinski definition) is 7. The molecule has 0 aliphatic rings. The highest BCUT2D eigenvalue weighted by atomic mass is 32.2. The number of rotatable bonds is 8. The molecule has 0 aliphatic carbocycles. The average molecular weight is 374 g/mol. The number of benzene rings is 2. The van der Waals surface area contributed by atoms with Gasteiger partial charge in [0, 0.05) is 5.75 Å². The van der Waals surface area contributed by atoms with Gasteiger partial charge in [0.25, 0.3) is 0 Å². The number of aryl methyl sites for hydroxylation is 1. The number of aliphatic hydroxyl groups excluding tert-OH is 1. The Morgan fingerprint density at radius 2 is 1.68 bits per heavy atom. The van der Waals surface area contributed by atoms with E-state index >= 15 is 0 Å². The number of ether oxygens (including phenoxy) is 2. The summed E-state index contributed by atoms with van der Waals surface area (Å²) in [6.07, 6.45) is -0.575. The Labute approximate surface area is 154 Å². The Hall–Kier alpha value is -2.09. The molecule has 0 amide bonds. The number of hydrogen-bond donors (Lipinski definition) is 1. The van der Waals surface area contributed by atoms with Crippen molar-refractivity contribution in [1.82, 2.24) is 10.2 Å². The van der Waals surface area contributed by atoms with Gasteiger partial charge in [0.15, 0.2) is 4.34 Å². The maximum Gasteiger partial charge on any atom is 0.174 e. The van der Waals surface area contributed by atoms with Crippen LogP contribution in [-0.4, -0.2) is 33.8 Å². The van der Waals surface area contributed by atoms with Gasteiger partial charge in [-0.15, -0.1) is 10.2 Å². The second-order valence-corrected chi connectivity index (χ2v) is 7.70. The van der Waals surface area contributed by atoms with Crippen molar-refractivity contribution in [3.63, 3.8) is 0 Å². The van der Waals surface area contributed by atoms with Crippen LogP contribution in [0.1, 0.15) is 5.01 Å². The Morgan fingerprint density at radius 3 is 2.36 bits per heavy atom. The fraction of sp³-hybridized carbons (Fsp3) is 0.222. The van der Waals surface area contributed by atoms with Gasteiger partial charge in [-0.05, 0) is 43.3 Å². The Balaban J connectivity index is 1.43. The molecule has 0 spiro atoms. The third-order valence-corrected chi connectivity index (χ3v) is 5.27. The molecule has 3 aromatic rings. The van der Waals surface area contributed by atoms with Gasteiger partial charge in [-0.2, -0.15) is 0 Å². The van der Waals surface area contributed by atoms with Crippen molar-refractivity contribution in [2.24, 2.45) is 0 Å². The van der Waals surface area contributed by atoms with Crippen LogP contribution in [-0.2, 0) is 0 Å². The second kappa shape index (κ2) is 8.84. The molecule has 1 heterocycles. The van der Waals surface area contributed by atoms with Gasteiger partial charge in [0.1, 0.15) is 28.9 Å². The fourth-order valence-corrected chi connectivity index (χ4v) is 3.72. The predicted octanol–water partition coefficient (Wildman–Crippen LogP) is 4.17. The van der Waals surface area contributed by atoms with Crippen LogP contribution in [0.15, 0.2) is 58.9 Å². The predicted molar refractivity (Wildman–Crippen MR) is 99.8 cm³/mol. The summed E-state index contributed by atoms with van der Waals surface area (Å²) >= 11 is 3.00. The van der Waals surface area contributed by atoms with Gasteiger partial charge < -0.3 is 14.6 Å². The molecule has 0 radical (unpaired) electrons. The minimum absolute atomic E-state index is 0.226. The first kappa shape index (κ1) is 17.7. The van der Waals surface area contributed by atoms with Crippen LogP contribution in [0.4, 0.5) is 0 Å². The highest BCUT2D eigenvalue weighted by Gasteiger charge is 2.09. The third-order valence-electron chi connectivity index (χ3n) is 3.15. The van der Waals surface area contributed by atoms with Gasteiger partial charge in [-0.25, -0.2) is 0 Å².